The Morgan fingerprint density at radius 3 is 2.24 bits per heavy atom. The number of rotatable bonds is 4. The average molecular weight is 292 g/mol. The first-order valence-corrected chi connectivity index (χ1v) is 7.03. The van der Waals surface area contributed by atoms with Gasteiger partial charge in [-0.1, -0.05) is 20.8 Å². The second kappa shape index (κ2) is 7.11. The summed E-state index contributed by atoms with van der Waals surface area (Å²) in [6.45, 7) is 8.15. The molecule has 116 valence electrons. The molecule has 0 aliphatic heterocycles. The van der Waals surface area contributed by atoms with Gasteiger partial charge in [-0.15, -0.1) is 0 Å². The van der Waals surface area contributed by atoms with E-state index in [-0.39, 0.29) is 11.3 Å². The molecule has 0 aliphatic rings. The van der Waals surface area contributed by atoms with Crippen LogP contribution in [0.5, 0.6) is 0 Å². The lowest BCUT2D eigenvalue weighted by Gasteiger charge is -2.18. The number of carbonyl (C=O) groups is 2. The first-order valence-electron chi connectivity index (χ1n) is 7.03. The Labute approximate surface area is 126 Å². The third-order valence-electron chi connectivity index (χ3n) is 2.77. The number of hydrogen-bond donors (Lipinski definition) is 1. The number of anilines is 2. The monoisotopic (exact) mass is 292 g/mol. The second-order valence-corrected chi connectivity index (χ2v) is 6.09. The molecule has 1 rings (SSSR count). The fraction of sp³-hybridized carbons (Fsp3) is 0.500. The van der Waals surface area contributed by atoms with Gasteiger partial charge < -0.3 is 10.1 Å². The number of nitrogens with one attached hydrogen (secondary N) is 1. The molecule has 0 heterocycles. The molecular weight excluding hydrogens is 268 g/mol. The predicted molar refractivity (Wildman–Crippen MR) is 84.6 cm³/mol. The van der Waals surface area contributed by atoms with Crippen molar-refractivity contribution in [1.82, 2.24) is 0 Å². The summed E-state index contributed by atoms with van der Waals surface area (Å²) < 4.78 is 4.92. The molecule has 21 heavy (non-hydrogen) atoms. The number of nitrogens with zero attached hydrogens (tertiary/aromatic N) is 1. The normalized spacial score (nSPS) is 10.9. The van der Waals surface area contributed by atoms with Gasteiger partial charge >= 0.3 is 6.09 Å². The van der Waals surface area contributed by atoms with Gasteiger partial charge in [0.05, 0.1) is 6.61 Å². The van der Waals surface area contributed by atoms with Crippen molar-refractivity contribution in [1.29, 1.82) is 0 Å². The molecule has 1 aromatic rings. The van der Waals surface area contributed by atoms with Crippen molar-refractivity contribution < 1.29 is 14.3 Å². The summed E-state index contributed by atoms with van der Waals surface area (Å²) in [6.07, 6.45) is 0.0549. The van der Waals surface area contributed by atoms with E-state index in [1.54, 1.807) is 38.2 Å². The fourth-order valence-corrected chi connectivity index (χ4v) is 1.78. The molecule has 2 amide bonds. The lowest BCUT2D eigenvalue weighted by atomic mass is 9.92. The molecule has 0 aliphatic carbocycles. The van der Waals surface area contributed by atoms with Crippen LogP contribution < -0.4 is 10.2 Å². The quantitative estimate of drug-likeness (QED) is 0.921. The predicted octanol–water partition coefficient (Wildman–Crippen LogP) is 3.65. The molecule has 0 saturated carbocycles. The van der Waals surface area contributed by atoms with E-state index in [1.165, 1.54) is 4.90 Å². The van der Waals surface area contributed by atoms with Crippen LogP contribution >= 0.6 is 0 Å². The second-order valence-electron chi connectivity index (χ2n) is 6.09. The summed E-state index contributed by atoms with van der Waals surface area (Å²) >= 11 is 0. The van der Waals surface area contributed by atoms with Crippen molar-refractivity contribution in [2.75, 3.05) is 23.9 Å². The zero-order valence-electron chi connectivity index (χ0n) is 13.4. The summed E-state index contributed by atoms with van der Waals surface area (Å²) in [5, 5.41) is 2.85. The Morgan fingerprint density at radius 2 is 1.76 bits per heavy atom. The third-order valence-corrected chi connectivity index (χ3v) is 2.77. The van der Waals surface area contributed by atoms with Crippen molar-refractivity contribution in [3.05, 3.63) is 24.3 Å². The maximum absolute atomic E-state index is 11.8. The van der Waals surface area contributed by atoms with Gasteiger partial charge in [0.25, 0.3) is 0 Å². The number of carbonyl (C=O) groups excluding carboxylic acids is 2. The van der Waals surface area contributed by atoms with Crippen LogP contribution in [0.4, 0.5) is 16.2 Å². The molecule has 0 unspecified atom stereocenters. The summed E-state index contributed by atoms with van der Waals surface area (Å²) in [4.78, 5) is 24.9. The standard InChI is InChI=1S/C16H24N2O3/c1-6-21-15(20)18(5)13-9-7-12(8-10-13)17-14(19)11-16(2,3)4/h7-10H,6,11H2,1-5H3,(H,17,19). The van der Waals surface area contributed by atoms with E-state index in [2.05, 4.69) is 5.32 Å². The van der Waals surface area contributed by atoms with Gasteiger partial charge in [-0.05, 0) is 36.6 Å². The fourth-order valence-electron chi connectivity index (χ4n) is 1.78. The molecular formula is C16H24N2O3. The molecule has 5 heteroatoms. The van der Waals surface area contributed by atoms with E-state index in [0.717, 1.165) is 0 Å². The Morgan fingerprint density at radius 1 is 1.19 bits per heavy atom. The summed E-state index contributed by atoms with van der Waals surface area (Å²) in [6, 6.07) is 7.07. The largest absolute Gasteiger partial charge is 0.449 e. The first-order chi connectivity index (χ1) is 9.73. The minimum absolute atomic E-state index is 0.0194. The highest BCUT2D eigenvalue weighted by Gasteiger charge is 2.16. The highest BCUT2D eigenvalue weighted by atomic mass is 16.6. The molecule has 1 aromatic carbocycles. The van der Waals surface area contributed by atoms with Gasteiger partial charge in [-0.3, -0.25) is 9.69 Å². The van der Waals surface area contributed by atoms with E-state index in [9.17, 15) is 9.59 Å². The van der Waals surface area contributed by atoms with Gasteiger partial charge in [0.15, 0.2) is 0 Å². The van der Waals surface area contributed by atoms with Crippen molar-refractivity contribution in [2.24, 2.45) is 5.41 Å². The van der Waals surface area contributed by atoms with Crippen molar-refractivity contribution in [2.45, 2.75) is 34.1 Å². The highest BCUT2D eigenvalue weighted by Crippen LogP contribution is 2.21. The number of ether oxygens (including phenoxy) is 1. The third kappa shape index (κ3) is 5.85. The van der Waals surface area contributed by atoms with Crippen molar-refractivity contribution >= 4 is 23.4 Å². The lowest BCUT2D eigenvalue weighted by molar-refractivity contribution is -0.117. The van der Waals surface area contributed by atoms with Crippen LogP contribution in [0.1, 0.15) is 34.1 Å². The average Bonchev–Trinajstić information content (AvgIpc) is 2.36. The number of hydrogen-bond acceptors (Lipinski definition) is 3. The van der Waals surface area contributed by atoms with Crippen LogP contribution in [-0.4, -0.2) is 25.7 Å². The van der Waals surface area contributed by atoms with Crippen LogP contribution in [0.2, 0.25) is 0 Å². The molecule has 0 atom stereocenters. The van der Waals surface area contributed by atoms with Crippen LogP contribution in [0.15, 0.2) is 24.3 Å². The Balaban J connectivity index is 2.66. The molecule has 0 radical (unpaired) electrons. The van der Waals surface area contributed by atoms with Crippen molar-refractivity contribution in [3.63, 3.8) is 0 Å². The number of benzene rings is 1. The maximum atomic E-state index is 11.8. The highest BCUT2D eigenvalue weighted by molar-refractivity contribution is 5.92. The van der Waals surface area contributed by atoms with Gasteiger partial charge in [-0.2, -0.15) is 0 Å². The van der Waals surface area contributed by atoms with Crippen LogP contribution in [0, 0.1) is 5.41 Å². The summed E-state index contributed by atoms with van der Waals surface area (Å²) in [5.74, 6) is -0.0194. The SMILES string of the molecule is CCOC(=O)N(C)c1ccc(NC(=O)CC(C)(C)C)cc1. The Hall–Kier alpha value is -2.04. The summed E-state index contributed by atoms with van der Waals surface area (Å²) in [5.41, 5.74) is 1.38. The Kier molecular flexibility index (Phi) is 5.76. The van der Waals surface area contributed by atoms with E-state index < -0.39 is 6.09 Å². The molecule has 5 nitrogen and oxygen atoms in total. The zero-order chi connectivity index (χ0) is 16.0. The van der Waals surface area contributed by atoms with Crippen LogP contribution in [0.3, 0.4) is 0 Å². The van der Waals surface area contributed by atoms with E-state index in [1.807, 2.05) is 20.8 Å². The molecule has 0 saturated heterocycles. The minimum Gasteiger partial charge on any atom is -0.449 e. The van der Waals surface area contributed by atoms with Gasteiger partial charge in [0.2, 0.25) is 5.91 Å². The van der Waals surface area contributed by atoms with E-state index in [0.29, 0.717) is 24.4 Å². The van der Waals surface area contributed by atoms with E-state index in [4.69, 9.17) is 4.74 Å². The van der Waals surface area contributed by atoms with Crippen molar-refractivity contribution in [3.8, 4) is 0 Å². The number of amides is 2. The molecule has 0 aromatic heterocycles. The van der Waals surface area contributed by atoms with Gasteiger partial charge in [0.1, 0.15) is 0 Å². The van der Waals surface area contributed by atoms with E-state index >= 15 is 0 Å². The molecule has 0 fully saturated rings. The minimum atomic E-state index is -0.401. The van der Waals surface area contributed by atoms with Crippen LogP contribution in [0.25, 0.3) is 0 Å². The Bertz CT molecular complexity index is 489. The first kappa shape index (κ1) is 17.0. The molecule has 0 bridgehead atoms. The zero-order valence-corrected chi connectivity index (χ0v) is 13.4. The van der Waals surface area contributed by atoms with Gasteiger partial charge in [0, 0.05) is 24.8 Å². The molecule has 0 spiro atoms. The molecule has 1 N–H and O–H groups in total. The van der Waals surface area contributed by atoms with Gasteiger partial charge in [-0.25, -0.2) is 4.79 Å². The topological polar surface area (TPSA) is 58.6 Å². The lowest BCUT2D eigenvalue weighted by Crippen LogP contribution is -2.27. The van der Waals surface area contributed by atoms with Crippen LogP contribution in [-0.2, 0) is 9.53 Å². The summed E-state index contributed by atoms with van der Waals surface area (Å²) in [7, 11) is 1.64. The maximum Gasteiger partial charge on any atom is 0.413 e. The smallest absolute Gasteiger partial charge is 0.413 e.